The largest absolute Gasteiger partial charge is 0.409 e. The van der Waals surface area contributed by atoms with E-state index >= 15 is 0 Å². The first-order valence-corrected chi connectivity index (χ1v) is 6.86. The molecule has 0 atom stereocenters. The second kappa shape index (κ2) is 5.83. The molecular weight excluding hydrogens is 273 g/mol. The second-order valence-corrected chi connectivity index (χ2v) is 5.49. The Labute approximate surface area is 111 Å². The molecule has 0 aliphatic rings. The number of aromatic nitrogens is 1. The summed E-state index contributed by atoms with van der Waals surface area (Å²) in [5.74, 6) is 0.0723. The molecule has 94 valence electrons. The number of hydrogen-bond donors (Lipinski definition) is 2. The zero-order valence-corrected chi connectivity index (χ0v) is 10.8. The highest BCUT2D eigenvalue weighted by molar-refractivity contribution is 8.00. The zero-order chi connectivity index (χ0) is 13.0. The van der Waals surface area contributed by atoms with Crippen molar-refractivity contribution < 1.29 is 9.60 Å². The van der Waals surface area contributed by atoms with E-state index in [1.165, 1.54) is 35.2 Å². The van der Waals surface area contributed by atoms with Gasteiger partial charge in [-0.1, -0.05) is 23.0 Å². The molecule has 0 radical (unpaired) electrons. The van der Waals surface area contributed by atoms with Gasteiger partial charge in [0.2, 0.25) is 0 Å². The van der Waals surface area contributed by atoms with Gasteiger partial charge in [0.1, 0.15) is 10.2 Å². The average molecular weight is 283 g/mol. The van der Waals surface area contributed by atoms with E-state index in [1.807, 2.05) is 5.38 Å². The summed E-state index contributed by atoms with van der Waals surface area (Å²) in [6.45, 7) is 0. The van der Waals surface area contributed by atoms with Crippen LogP contribution in [0.1, 0.15) is 11.1 Å². The van der Waals surface area contributed by atoms with Crippen molar-refractivity contribution in [3.8, 4) is 0 Å². The van der Waals surface area contributed by atoms with Crippen LogP contribution >= 0.6 is 23.1 Å². The molecule has 0 aliphatic heterocycles. The van der Waals surface area contributed by atoms with E-state index in [4.69, 9.17) is 10.9 Å². The number of benzene rings is 1. The van der Waals surface area contributed by atoms with E-state index in [9.17, 15) is 4.39 Å². The molecular formula is C11H10FN3OS2. The van der Waals surface area contributed by atoms with E-state index in [1.54, 1.807) is 12.3 Å². The van der Waals surface area contributed by atoms with Gasteiger partial charge in [0, 0.05) is 22.9 Å². The number of rotatable bonds is 4. The Bertz CT molecular complexity index is 557. The van der Waals surface area contributed by atoms with Crippen LogP contribution in [0.15, 0.2) is 39.3 Å². The van der Waals surface area contributed by atoms with Gasteiger partial charge in [0.15, 0.2) is 5.84 Å². The topological polar surface area (TPSA) is 71.5 Å². The van der Waals surface area contributed by atoms with Crippen LogP contribution in [-0.2, 0) is 5.75 Å². The summed E-state index contributed by atoms with van der Waals surface area (Å²) in [4.78, 5) is 4.14. The molecule has 3 N–H and O–H groups in total. The van der Waals surface area contributed by atoms with Gasteiger partial charge >= 0.3 is 0 Å². The van der Waals surface area contributed by atoms with E-state index in [0.717, 1.165) is 9.90 Å². The van der Waals surface area contributed by atoms with E-state index < -0.39 is 5.82 Å². The molecule has 0 amide bonds. The molecule has 0 saturated heterocycles. The molecule has 7 heteroatoms. The number of oxime groups is 1. The van der Waals surface area contributed by atoms with Crippen LogP contribution in [0.5, 0.6) is 0 Å². The monoisotopic (exact) mass is 283 g/mol. The highest BCUT2D eigenvalue weighted by Gasteiger charge is 2.09. The lowest BCUT2D eigenvalue weighted by atomic mass is 10.1. The van der Waals surface area contributed by atoms with E-state index in [2.05, 4.69) is 10.1 Å². The molecule has 0 saturated carbocycles. The second-order valence-electron chi connectivity index (χ2n) is 3.37. The molecule has 2 aromatic rings. The van der Waals surface area contributed by atoms with Crippen molar-refractivity contribution in [2.75, 3.05) is 0 Å². The van der Waals surface area contributed by atoms with Crippen molar-refractivity contribution in [3.63, 3.8) is 0 Å². The van der Waals surface area contributed by atoms with Gasteiger partial charge in [-0.25, -0.2) is 9.37 Å². The maximum absolute atomic E-state index is 13.1. The fourth-order valence-electron chi connectivity index (χ4n) is 1.39. The standard InChI is InChI=1S/C11H10FN3OS2/c12-8-2-1-7(9(5-8)10(13)15-16)6-18-11-14-3-4-17-11/h1-5,16H,6H2,(H2,13,15). The van der Waals surface area contributed by atoms with Crippen LogP contribution in [0.2, 0.25) is 0 Å². The van der Waals surface area contributed by atoms with Crippen LogP contribution in [0.25, 0.3) is 0 Å². The predicted octanol–water partition coefficient (Wildman–Crippen LogP) is 2.67. The molecule has 0 bridgehead atoms. The first kappa shape index (κ1) is 12.8. The molecule has 0 spiro atoms. The van der Waals surface area contributed by atoms with Crippen LogP contribution in [0.3, 0.4) is 0 Å². The summed E-state index contributed by atoms with van der Waals surface area (Å²) in [5, 5.41) is 13.5. The van der Waals surface area contributed by atoms with E-state index in [-0.39, 0.29) is 5.84 Å². The minimum atomic E-state index is -0.417. The van der Waals surface area contributed by atoms with Crippen molar-refractivity contribution >= 4 is 28.9 Å². The van der Waals surface area contributed by atoms with Gasteiger partial charge in [0.25, 0.3) is 0 Å². The molecule has 4 nitrogen and oxygen atoms in total. The van der Waals surface area contributed by atoms with Gasteiger partial charge in [-0.3, -0.25) is 0 Å². The van der Waals surface area contributed by atoms with Crippen LogP contribution < -0.4 is 5.73 Å². The third-order valence-electron chi connectivity index (χ3n) is 2.22. The third-order valence-corrected chi connectivity index (χ3v) is 4.23. The maximum Gasteiger partial charge on any atom is 0.170 e. The van der Waals surface area contributed by atoms with E-state index in [0.29, 0.717) is 11.3 Å². The number of halogens is 1. The van der Waals surface area contributed by atoms with Gasteiger partial charge < -0.3 is 10.9 Å². The summed E-state index contributed by atoms with van der Waals surface area (Å²) < 4.78 is 14.1. The first-order chi connectivity index (χ1) is 8.70. The van der Waals surface area contributed by atoms with Crippen LogP contribution in [0, 0.1) is 5.82 Å². The zero-order valence-electron chi connectivity index (χ0n) is 9.21. The van der Waals surface area contributed by atoms with Gasteiger partial charge in [0.05, 0.1) is 0 Å². The molecule has 1 aromatic heterocycles. The number of hydrogen-bond acceptors (Lipinski definition) is 5. The smallest absolute Gasteiger partial charge is 0.170 e. The maximum atomic E-state index is 13.1. The van der Waals surface area contributed by atoms with Crippen molar-refractivity contribution in [2.45, 2.75) is 10.1 Å². The van der Waals surface area contributed by atoms with Crippen molar-refractivity contribution in [2.24, 2.45) is 10.9 Å². The number of amidine groups is 1. The number of nitrogens with zero attached hydrogens (tertiary/aromatic N) is 2. The molecule has 1 heterocycles. The average Bonchev–Trinajstić information content (AvgIpc) is 2.89. The van der Waals surface area contributed by atoms with Gasteiger partial charge in [-0.15, -0.1) is 11.3 Å². The van der Waals surface area contributed by atoms with Crippen LogP contribution in [-0.4, -0.2) is 16.0 Å². The molecule has 1 aromatic carbocycles. The quantitative estimate of drug-likeness (QED) is 0.297. The van der Waals surface area contributed by atoms with Crippen molar-refractivity contribution in [1.29, 1.82) is 0 Å². The summed E-state index contributed by atoms with van der Waals surface area (Å²) in [7, 11) is 0. The molecule has 0 fully saturated rings. The fourth-order valence-corrected chi connectivity index (χ4v) is 3.03. The van der Waals surface area contributed by atoms with Gasteiger partial charge in [-0.05, 0) is 17.7 Å². The summed E-state index contributed by atoms with van der Waals surface area (Å²) in [5.41, 5.74) is 6.73. The Morgan fingerprint density at radius 1 is 1.56 bits per heavy atom. The molecule has 2 rings (SSSR count). The summed E-state index contributed by atoms with van der Waals surface area (Å²) in [6.07, 6.45) is 1.72. The number of thiazole rings is 1. The minimum Gasteiger partial charge on any atom is -0.409 e. The van der Waals surface area contributed by atoms with Crippen molar-refractivity contribution in [3.05, 3.63) is 46.7 Å². The lowest BCUT2D eigenvalue weighted by Crippen LogP contribution is -2.15. The number of thioether (sulfide) groups is 1. The Morgan fingerprint density at radius 2 is 2.39 bits per heavy atom. The van der Waals surface area contributed by atoms with Crippen molar-refractivity contribution in [1.82, 2.24) is 4.98 Å². The Balaban J connectivity index is 2.21. The minimum absolute atomic E-state index is 0.0933. The summed E-state index contributed by atoms with van der Waals surface area (Å²) >= 11 is 3.05. The van der Waals surface area contributed by atoms with Crippen LogP contribution in [0.4, 0.5) is 4.39 Å². The highest BCUT2D eigenvalue weighted by atomic mass is 32.2. The lowest BCUT2D eigenvalue weighted by Gasteiger charge is -2.07. The molecule has 0 aliphatic carbocycles. The lowest BCUT2D eigenvalue weighted by molar-refractivity contribution is 0.318. The Kier molecular flexibility index (Phi) is 4.16. The SMILES string of the molecule is NC(=NO)c1cc(F)ccc1CSc1nccs1. The Hall–Kier alpha value is -1.60. The molecule has 0 unspecified atom stereocenters. The fraction of sp³-hybridized carbons (Fsp3) is 0.0909. The summed E-state index contributed by atoms with van der Waals surface area (Å²) in [6, 6.07) is 4.24. The Morgan fingerprint density at radius 3 is 3.06 bits per heavy atom. The number of nitrogens with two attached hydrogens (primary N) is 1. The highest BCUT2D eigenvalue weighted by Crippen LogP contribution is 2.26. The van der Waals surface area contributed by atoms with Gasteiger partial charge in [-0.2, -0.15) is 0 Å². The normalized spacial score (nSPS) is 11.7. The molecule has 18 heavy (non-hydrogen) atoms. The first-order valence-electron chi connectivity index (χ1n) is 4.99. The third kappa shape index (κ3) is 2.99. The predicted molar refractivity (Wildman–Crippen MR) is 70.6 cm³/mol.